The zero-order chi connectivity index (χ0) is 14.5. The minimum Gasteiger partial charge on any atom is -0.444 e. The summed E-state index contributed by atoms with van der Waals surface area (Å²) in [6.45, 7) is 5.21. The van der Waals surface area contributed by atoms with Crippen LogP contribution in [0, 0.1) is 0 Å². The van der Waals surface area contributed by atoms with E-state index < -0.39 is 23.6 Å². The Bertz CT molecular complexity index is 424. The summed E-state index contributed by atoms with van der Waals surface area (Å²) in [6.07, 6.45) is 2.61. The molecular weight excluding hydrogens is 250 g/mol. The van der Waals surface area contributed by atoms with Crippen molar-refractivity contribution >= 4 is 12.0 Å². The molecule has 1 atom stereocenters. The highest BCUT2D eigenvalue weighted by molar-refractivity contribution is 5.85. The molecule has 8 nitrogen and oxygen atoms in total. The van der Waals surface area contributed by atoms with Crippen molar-refractivity contribution < 1.29 is 14.3 Å². The minimum atomic E-state index is -0.833. The van der Waals surface area contributed by atoms with Gasteiger partial charge in [-0.15, -0.1) is 0 Å². The number of rotatable bonds is 4. The number of hydrogen-bond acceptors (Lipinski definition) is 5. The van der Waals surface area contributed by atoms with Crippen LogP contribution in [0.1, 0.15) is 26.5 Å². The van der Waals surface area contributed by atoms with Crippen molar-refractivity contribution in [2.45, 2.75) is 38.8 Å². The first-order valence-electron chi connectivity index (χ1n) is 5.79. The van der Waals surface area contributed by atoms with Gasteiger partial charge in [0.1, 0.15) is 11.6 Å². The molecular formula is C11H19N5O3. The molecule has 1 aromatic heterocycles. The summed E-state index contributed by atoms with van der Waals surface area (Å²) in [5, 5.41) is 2.46. The number of amides is 2. The van der Waals surface area contributed by atoms with Crippen molar-refractivity contribution in [2.75, 3.05) is 0 Å². The number of nitrogens with one attached hydrogen (secondary N) is 3. The molecule has 1 rings (SSSR count). The van der Waals surface area contributed by atoms with Gasteiger partial charge in [0.25, 0.3) is 5.91 Å². The first-order valence-corrected chi connectivity index (χ1v) is 5.79. The molecule has 1 unspecified atom stereocenters. The van der Waals surface area contributed by atoms with E-state index in [1.807, 2.05) is 5.43 Å². The van der Waals surface area contributed by atoms with Crippen LogP contribution in [0.15, 0.2) is 12.5 Å². The van der Waals surface area contributed by atoms with Gasteiger partial charge in [-0.05, 0) is 20.8 Å². The van der Waals surface area contributed by atoms with E-state index in [9.17, 15) is 9.59 Å². The van der Waals surface area contributed by atoms with Crippen molar-refractivity contribution in [3.05, 3.63) is 18.2 Å². The van der Waals surface area contributed by atoms with Crippen LogP contribution < -0.4 is 16.6 Å². The van der Waals surface area contributed by atoms with Crippen LogP contribution >= 0.6 is 0 Å². The zero-order valence-electron chi connectivity index (χ0n) is 11.2. The third-order valence-electron chi connectivity index (χ3n) is 2.13. The van der Waals surface area contributed by atoms with Crippen LogP contribution in [0.5, 0.6) is 0 Å². The van der Waals surface area contributed by atoms with Crippen molar-refractivity contribution in [1.82, 2.24) is 20.7 Å². The molecule has 0 aromatic carbocycles. The molecule has 0 aliphatic carbocycles. The van der Waals surface area contributed by atoms with Gasteiger partial charge in [-0.1, -0.05) is 0 Å². The third-order valence-corrected chi connectivity index (χ3v) is 2.13. The standard InChI is InChI=1S/C11H19N5O3/c1-11(2,3)19-10(18)15-8(9(17)16-12)4-7-5-13-6-14-7/h5-6,8H,4,12H2,1-3H3,(H,13,14)(H,15,18)(H,16,17). The summed E-state index contributed by atoms with van der Waals surface area (Å²) >= 11 is 0. The van der Waals surface area contributed by atoms with Gasteiger partial charge in [-0.25, -0.2) is 15.6 Å². The Balaban J connectivity index is 2.65. The van der Waals surface area contributed by atoms with Crippen LogP contribution in [0.25, 0.3) is 0 Å². The summed E-state index contributed by atoms with van der Waals surface area (Å²) in [5.41, 5.74) is 2.06. The largest absolute Gasteiger partial charge is 0.444 e. The normalized spacial score (nSPS) is 12.6. The number of H-pyrrole nitrogens is 1. The van der Waals surface area contributed by atoms with E-state index in [0.717, 1.165) is 0 Å². The minimum absolute atomic E-state index is 0.238. The first-order chi connectivity index (χ1) is 8.81. The Hall–Kier alpha value is -2.09. The van der Waals surface area contributed by atoms with Gasteiger partial charge in [-0.2, -0.15) is 0 Å². The lowest BCUT2D eigenvalue weighted by Crippen LogP contribution is -2.51. The fourth-order valence-electron chi connectivity index (χ4n) is 1.38. The summed E-state index contributed by atoms with van der Waals surface area (Å²) in [5.74, 6) is 4.57. The lowest BCUT2D eigenvalue weighted by molar-refractivity contribution is -0.123. The van der Waals surface area contributed by atoms with Crippen molar-refractivity contribution in [1.29, 1.82) is 0 Å². The Morgan fingerprint density at radius 3 is 2.68 bits per heavy atom. The monoisotopic (exact) mass is 269 g/mol. The van der Waals surface area contributed by atoms with Crippen LogP contribution in [-0.2, 0) is 16.0 Å². The van der Waals surface area contributed by atoms with E-state index in [4.69, 9.17) is 10.6 Å². The number of nitrogens with zero attached hydrogens (tertiary/aromatic N) is 1. The Morgan fingerprint density at radius 1 is 1.53 bits per heavy atom. The summed E-state index contributed by atoms with van der Waals surface area (Å²) in [4.78, 5) is 29.9. The molecule has 0 radical (unpaired) electrons. The molecule has 1 aromatic rings. The Labute approximate surface area is 111 Å². The van der Waals surface area contributed by atoms with Gasteiger partial charge in [-0.3, -0.25) is 10.2 Å². The van der Waals surface area contributed by atoms with Crippen LogP contribution in [0.4, 0.5) is 4.79 Å². The SMILES string of the molecule is CC(C)(C)OC(=O)NC(Cc1cnc[nH]1)C(=O)NN. The van der Waals surface area contributed by atoms with E-state index in [2.05, 4.69) is 15.3 Å². The van der Waals surface area contributed by atoms with Gasteiger partial charge in [0.2, 0.25) is 0 Å². The van der Waals surface area contributed by atoms with E-state index in [-0.39, 0.29) is 6.42 Å². The molecule has 0 aliphatic rings. The second-order valence-electron chi connectivity index (χ2n) is 4.99. The first kappa shape index (κ1) is 15.0. The maximum atomic E-state index is 11.6. The van der Waals surface area contributed by atoms with Crippen molar-refractivity contribution in [3.8, 4) is 0 Å². The van der Waals surface area contributed by atoms with Gasteiger partial charge in [0.15, 0.2) is 0 Å². The molecule has 5 N–H and O–H groups in total. The van der Waals surface area contributed by atoms with Gasteiger partial charge >= 0.3 is 6.09 Å². The third kappa shape index (κ3) is 5.38. The molecule has 2 amide bonds. The highest BCUT2D eigenvalue weighted by atomic mass is 16.6. The second-order valence-corrected chi connectivity index (χ2v) is 4.99. The number of carbonyl (C=O) groups excluding carboxylic acids is 2. The number of imidazole rings is 1. The van der Waals surface area contributed by atoms with E-state index in [1.54, 1.807) is 27.0 Å². The summed E-state index contributed by atoms with van der Waals surface area (Å²) < 4.78 is 5.09. The van der Waals surface area contributed by atoms with E-state index in [1.165, 1.54) is 6.33 Å². The molecule has 0 bridgehead atoms. The van der Waals surface area contributed by atoms with Crippen molar-refractivity contribution in [3.63, 3.8) is 0 Å². The molecule has 19 heavy (non-hydrogen) atoms. The van der Waals surface area contributed by atoms with E-state index >= 15 is 0 Å². The fourth-order valence-corrected chi connectivity index (χ4v) is 1.38. The number of nitrogens with two attached hydrogens (primary N) is 1. The lowest BCUT2D eigenvalue weighted by atomic mass is 10.1. The van der Waals surface area contributed by atoms with E-state index in [0.29, 0.717) is 5.69 Å². The van der Waals surface area contributed by atoms with Crippen LogP contribution in [0.2, 0.25) is 0 Å². The maximum Gasteiger partial charge on any atom is 0.408 e. The van der Waals surface area contributed by atoms with Gasteiger partial charge in [0, 0.05) is 18.3 Å². The second kappa shape index (κ2) is 6.19. The maximum absolute atomic E-state index is 11.6. The lowest BCUT2D eigenvalue weighted by Gasteiger charge is -2.22. The quantitative estimate of drug-likeness (QED) is 0.343. The molecule has 0 saturated heterocycles. The van der Waals surface area contributed by atoms with Crippen LogP contribution in [-0.4, -0.2) is 33.6 Å². The molecule has 0 spiro atoms. The molecule has 0 aliphatic heterocycles. The summed E-state index contributed by atoms with van der Waals surface area (Å²) in [6, 6.07) is -0.833. The fraction of sp³-hybridized carbons (Fsp3) is 0.545. The Morgan fingerprint density at radius 2 is 2.21 bits per heavy atom. The summed E-state index contributed by atoms with van der Waals surface area (Å²) in [7, 11) is 0. The average molecular weight is 269 g/mol. The number of hydrogen-bond donors (Lipinski definition) is 4. The smallest absolute Gasteiger partial charge is 0.408 e. The number of carbonyl (C=O) groups is 2. The van der Waals surface area contributed by atoms with Gasteiger partial charge < -0.3 is 15.0 Å². The highest BCUT2D eigenvalue weighted by Crippen LogP contribution is 2.07. The molecule has 106 valence electrons. The molecule has 0 fully saturated rings. The number of aromatic nitrogens is 2. The average Bonchev–Trinajstić information content (AvgIpc) is 2.77. The van der Waals surface area contributed by atoms with Gasteiger partial charge in [0.05, 0.1) is 6.33 Å². The predicted octanol–water partition coefficient (Wildman–Crippen LogP) is -0.165. The number of hydrazine groups is 1. The Kier molecular flexibility index (Phi) is 4.87. The van der Waals surface area contributed by atoms with Crippen molar-refractivity contribution in [2.24, 2.45) is 5.84 Å². The topological polar surface area (TPSA) is 122 Å². The molecule has 8 heteroatoms. The number of alkyl carbamates (subject to hydrolysis) is 1. The predicted molar refractivity (Wildman–Crippen MR) is 67.8 cm³/mol. The number of aromatic amines is 1. The number of ether oxygens (including phenoxy) is 1. The zero-order valence-corrected chi connectivity index (χ0v) is 11.2. The molecule has 0 saturated carbocycles. The highest BCUT2D eigenvalue weighted by Gasteiger charge is 2.24. The van der Waals surface area contributed by atoms with Crippen LogP contribution in [0.3, 0.4) is 0 Å². The molecule has 1 heterocycles.